The second kappa shape index (κ2) is 12.2. The first-order valence-electron chi connectivity index (χ1n) is 11.0. The summed E-state index contributed by atoms with van der Waals surface area (Å²) in [6, 6.07) is 13.1. The molecule has 3 rings (SSSR count). The number of ether oxygens (including phenoxy) is 4. The molecule has 0 atom stereocenters. The van der Waals surface area contributed by atoms with Gasteiger partial charge in [0.15, 0.2) is 0 Å². The van der Waals surface area contributed by atoms with Gasteiger partial charge in [0, 0.05) is 37.8 Å². The highest BCUT2D eigenvalue weighted by molar-refractivity contribution is 5.92. The molecule has 0 aliphatic carbocycles. The summed E-state index contributed by atoms with van der Waals surface area (Å²) in [5.74, 6) is 0.462. The van der Waals surface area contributed by atoms with Gasteiger partial charge in [-0.1, -0.05) is 30.3 Å². The number of carbonyl (C=O) groups excluding carboxylic acids is 2. The lowest BCUT2D eigenvalue weighted by Crippen LogP contribution is -2.35. The average Bonchev–Trinajstić information content (AvgIpc) is 3.07. The Morgan fingerprint density at radius 2 is 1.64 bits per heavy atom. The average molecular weight is 457 g/mol. The molecule has 8 nitrogen and oxygen atoms in total. The summed E-state index contributed by atoms with van der Waals surface area (Å²) in [4.78, 5) is 29.1. The van der Waals surface area contributed by atoms with Gasteiger partial charge in [-0.2, -0.15) is 0 Å². The van der Waals surface area contributed by atoms with Crippen molar-refractivity contribution in [1.82, 2.24) is 9.80 Å². The lowest BCUT2D eigenvalue weighted by Gasteiger charge is -2.23. The summed E-state index contributed by atoms with van der Waals surface area (Å²) in [5, 5.41) is 0. The molecule has 1 fully saturated rings. The first-order valence-corrected chi connectivity index (χ1v) is 11.0. The van der Waals surface area contributed by atoms with E-state index in [0.717, 1.165) is 43.7 Å². The van der Waals surface area contributed by atoms with E-state index in [0.29, 0.717) is 23.6 Å². The van der Waals surface area contributed by atoms with Crippen LogP contribution in [0.5, 0.6) is 11.5 Å². The highest BCUT2D eigenvalue weighted by Crippen LogP contribution is 2.31. The van der Waals surface area contributed by atoms with Gasteiger partial charge in [-0.25, -0.2) is 4.79 Å². The number of rotatable bonds is 9. The maximum atomic E-state index is 12.4. The fraction of sp³-hybridized carbons (Fsp3) is 0.440. The molecular weight excluding hydrogens is 424 g/mol. The first-order chi connectivity index (χ1) is 16.0. The topological polar surface area (TPSA) is 77.5 Å². The molecule has 1 saturated heterocycles. The third-order valence-corrected chi connectivity index (χ3v) is 5.70. The van der Waals surface area contributed by atoms with E-state index in [1.54, 1.807) is 26.4 Å². The van der Waals surface area contributed by atoms with Crippen LogP contribution in [0.15, 0.2) is 42.5 Å². The SMILES string of the molecule is COC(=O)c1cc(OC)cc(OC)c1CN1CCCN(CC(=O)OCc2ccccc2)CC1. The van der Waals surface area contributed by atoms with Crippen molar-refractivity contribution in [2.75, 3.05) is 54.1 Å². The van der Waals surface area contributed by atoms with E-state index < -0.39 is 5.97 Å². The number of hydrogen-bond donors (Lipinski definition) is 0. The Hall–Kier alpha value is -3.10. The zero-order chi connectivity index (χ0) is 23.6. The molecule has 0 N–H and O–H groups in total. The van der Waals surface area contributed by atoms with Gasteiger partial charge < -0.3 is 18.9 Å². The van der Waals surface area contributed by atoms with Crippen LogP contribution in [0.2, 0.25) is 0 Å². The number of benzene rings is 2. The largest absolute Gasteiger partial charge is 0.497 e. The number of carbonyl (C=O) groups is 2. The van der Waals surface area contributed by atoms with Crippen molar-refractivity contribution < 1.29 is 28.5 Å². The molecule has 2 aromatic rings. The minimum Gasteiger partial charge on any atom is -0.497 e. The summed E-state index contributed by atoms with van der Waals surface area (Å²) in [6.07, 6.45) is 0.901. The second-order valence-corrected chi connectivity index (χ2v) is 7.90. The van der Waals surface area contributed by atoms with Gasteiger partial charge in [0.05, 0.1) is 33.4 Å². The summed E-state index contributed by atoms with van der Waals surface area (Å²) in [6.45, 7) is 4.21. The highest BCUT2D eigenvalue weighted by Gasteiger charge is 2.23. The lowest BCUT2D eigenvalue weighted by atomic mass is 10.0. The van der Waals surface area contributed by atoms with Crippen LogP contribution in [0.1, 0.15) is 27.9 Å². The molecule has 1 aliphatic rings. The Morgan fingerprint density at radius 3 is 2.33 bits per heavy atom. The van der Waals surface area contributed by atoms with Gasteiger partial charge in [0.2, 0.25) is 0 Å². The standard InChI is InChI=1S/C25H32N2O6/c1-30-20-14-21(25(29)32-3)22(23(15-20)31-2)16-26-10-7-11-27(13-12-26)17-24(28)33-18-19-8-5-4-6-9-19/h4-6,8-9,14-15H,7,10-13,16-18H2,1-3H3. The molecule has 8 heteroatoms. The fourth-order valence-electron chi connectivity index (χ4n) is 3.91. The molecule has 0 aromatic heterocycles. The smallest absolute Gasteiger partial charge is 0.338 e. The molecule has 0 saturated carbocycles. The van der Waals surface area contributed by atoms with Crippen molar-refractivity contribution in [3.05, 3.63) is 59.2 Å². The van der Waals surface area contributed by atoms with Gasteiger partial charge in [0.25, 0.3) is 0 Å². The Balaban J connectivity index is 1.59. The maximum absolute atomic E-state index is 12.4. The van der Waals surface area contributed by atoms with Crippen LogP contribution in [0.4, 0.5) is 0 Å². The van der Waals surface area contributed by atoms with Crippen LogP contribution in [-0.4, -0.2) is 75.8 Å². The summed E-state index contributed by atoms with van der Waals surface area (Å²) in [7, 11) is 4.48. The van der Waals surface area contributed by atoms with Crippen molar-refractivity contribution in [2.24, 2.45) is 0 Å². The molecule has 0 amide bonds. The van der Waals surface area contributed by atoms with E-state index in [1.165, 1.54) is 7.11 Å². The van der Waals surface area contributed by atoms with Crippen molar-refractivity contribution >= 4 is 11.9 Å². The Morgan fingerprint density at radius 1 is 0.909 bits per heavy atom. The summed E-state index contributed by atoms with van der Waals surface area (Å²) in [5.41, 5.74) is 2.17. The lowest BCUT2D eigenvalue weighted by molar-refractivity contribution is -0.146. The number of methoxy groups -OCH3 is 3. The zero-order valence-corrected chi connectivity index (χ0v) is 19.5. The molecule has 0 bridgehead atoms. The molecule has 0 spiro atoms. The van der Waals surface area contributed by atoms with E-state index in [1.807, 2.05) is 30.3 Å². The molecule has 1 aliphatic heterocycles. The first kappa shape index (κ1) is 24.5. The van der Waals surface area contributed by atoms with E-state index in [9.17, 15) is 9.59 Å². The third kappa shape index (κ3) is 6.94. The maximum Gasteiger partial charge on any atom is 0.338 e. The normalized spacial score (nSPS) is 14.9. The second-order valence-electron chi connectivity index (χ2n) is 7.90. The number of hydrogen-bond acceptors (Lipinski definition) is 8. The van der Waals surface area contributed by atoms with E-state index in [4.69, 9.17) is 18.9 Å². The van der Waals surface area contributed by atoms with Crippen LogP contribution in [0.25, 0.3) is 0 Å². The van der Waals surface area contributed by atoms with Crippen LogP contribution in [0, 0.1) is 0 Å². The van der Waals surface area contributed by atoms with Crippen molar-refractivity contribution in [3.63, 3.8) is 0 Å². The van der Waals surface area contributed by atoms with Crippen LogP contribution in [0.3, 0.4) is 0 Å². The van der Waals surface area contributed by atoms with Crippen molar-refractivity contribution in [3.8, 4) is 11.5 Å². The number of esters is 2. The quantitative estimate of drug-likeness (QED) is 0.533. The third-order valence-electron chi connectivity index (χ3n) is 5.70. The number of nitrogens with zero attached hydrogens (tertiary/aromatic N) is 2. The molecule has 2 aromatic carbocycles. The molecule has 33 heavy (non-hydrogen) atoms. The summed E-state index contributed by atoms with van der Waals surface area (Å²) < 4.78 is 21.3. The predicted octanol–water partition coefficient (Wildman–Crippen LogP) is 2.74. The molecule has 0 unspecified atom stereocenters. The van der Waals surface area contributed by atoms with Gasteiger partial charge in [-0.3, -0.25) is 14.6 Å². The summed E-state index contributed by atoms with van der Waals surface area (Å²) >= 11 is 0. The van der Waals surface area contributed by atoms with E-state index in [-0.39, 0.29) is 19.1 Å². The highest BCUT2D eigenvalue weighted by atomic mass is 16.5. The zero-order valence-electron chi connectivity index (χ0n) is 19.5. The minimum absolute atomic E-state index is 0.225. The molecule has 1 heterocycles. The Labute approximate surface area is 195 Å². The van der Waals surface area contributed by atoms with Crippen LogP contribution in [-0.2, 0) is 27.4 Å². The van der Waals surface area contributed by atoms with E-state index in [2.05, 4.69) is 9.80 Å². The fourth-order valence-corrected chi connectivity index (χ4v) is 3.91. The van der Waals surface area contributed by atoms with Gasteiger partial charge in [0.1, 0.15) is 18.1 Å². The van der Waals surface area contributed by atoms with Gasteiger partial charge in [-0.15, -0.1) is 0 Å². The van der Waals surface area contributed by atoms with Crippen molar-refractivity contribution in [2.45, 2.75) is 19.6 Å². The van der Waals surface area contributed by atoms with Gasteiger partial charge in [-0.05, 0) is 24.6 Å². The molecule has 0 radical (unpaired) electrons. The van der Waals surface area contributed by atoms with Crippen LogP contribution >= 0.6 is 0 Å². The Bertz CT molecular complexity index is 934. The minimum atomic E-state index is -0.431. The Kier molecular flexibility index (Phi) is 9.09. The van der Waals surface area contributed by atoms with Crippen molar-refractivity contribution in [1.29, 1.82) is 0 Å². The molecule has 178 valence electrons. The van der Waals surface area contributed by atoms with E-state index >= 15 is 0 Å². The van der Waals surface area contributed by atoms with Crippen LogP contribution < -0.4 is 9.47 Å². The van der Waals surface area contributed by atoms with Gasteiger partial charge >= 0.3 is 11.9 Å². The molecular formula is C25H32N2O6. The monoisotopic (exact) mass is 456 g/mol. The predicted molar refractivity (Wildman–Crippen MR) is 123 cm³/mol.